The van der Waals surface area contributed by atoms with E-state index in [9.17, 15) is 10.1 Å². The maximum atomic E-state index is 12.6. The molecular weight excluding hydrogens is 377 g/mol. The second-order valence-corrected chi connectivity index (χ2v) is 7.10. The van der Waals surface area contributed by atoms with E-state index in [4.69, 9.17) is 23.2 Å². The van der Waals surface area contributed by atoms with Gasteiger partial charge < -0.3 is 0 Å². The summed E-state index contributed by atoms with van der Waals surface area (Å²) in [5.41, 5.74) is 0.645. The molecule has 0 saturated heterocycles. The standard InChI is InChI=1S/C18H11Cl2N3OS/c1-11-16(10-21)18(24)23(14-4-2-3-13(20)9-14)22-17(11)25-15-7-5-12(19)6-8-15/h2-9H,1H3. The summed E-state index contributed by atoms with van der Waals surface area (Å²) in [5.74, 6) is 0. The molecule has 0 aliphatic carbocycles. The highest BCUT2D eigenvalue weighted by Crippen LogP contribution is 2.30. The molecule has 7 heteroatoms. The molecule has 0 N–H and O–H groups in total. The number of benzene rings is 2. The van der Waals surface area contributed by atoms with Crippen LogP contribution in [0.15, 0.2) is 63.2 Å². The fraction of sp³-hybridized carbons (Fsp3) is 0.0556. The first-order chi connectivity index (χ1) is 12.0. The molecule has 0 atom stereocenters. The molecular formula is C18H11Cl2N3OS. The van der Waals surface area contributed by atoms with Gasteiger partial charge in [0.2, 0.25) is 0 Å². The van der Waals surface area contributed by atoms with Crippen LogP contribution in [-0.4, -0.2) is 9.78 Å². The predicted octanol–water partition coefficient (Wildman–Crippen LogP) is 4.87. The van der Waals surface area contributed by atoms with Crippen molar-refractivity contribution in [2.45, 2.75) is 16.8 Å². The monoisotopic (exact) mass is 387 g/mol. The van der Waals surface area contributed by atoms with Crippen LogP contribution in [0.5, 0.6) is 0 Å². The summed E-state index contributed by atoms with van der Waals surface area (Å²) in [6, 6.07) is 16.0. The average molecular weight is 388 g/mol. The van der Waals surface area contributed by atoms with Crippen molar-refractivity contribution >= 4 is 35.0 Å². The van der Waals surface area contributed by atoms with Gasteiger partial charge in [0.25, 0.3) is 5.56 Å². The van der Waals surface area contributed by atoms with Crippen LogP contribution in [0.25, 0.3) is 5.69 Å². The summed E-state index contributed by atoms with van der Waals surface area (Å²) < 4.78 is 1.20. The Morgan fingerprint density at radius 3 is 2.48 bits per heavy atom. The minimum absolute atomic E-state index is 0.0615. The van der Waals surface area contributed by atoms with Crippen molar-refractivity contribution in [2.75, 3.05) is 0 Å². The first-order valence-electron chi connectivity index (χ1n) is 7.23. The number of nitriles is 1. The molecule has 0 fully saturated rings. The van der Waals surface area contributed by atoms with Gasteiger partial charge in [-0.15, -0.1) is 0 Å². The molecule has 4 nitrogen and oxygen atoms in total. The third kappa shape index (κ3) is 3.72. The normalized spacial score (nSPS) is 10.5. The van der Waals surface area contributed by atoms with Crippen LogP contribution in [0.2, 0.25) is 10.0 Å². The quantitative estimate of drug-likeness (QED) is 0.642. The van der Waals surface area contributed by atoms with Crippen molar-refractivity contribution in [3.05, 3.63) is 80.1 Å². The summed E-state index contributed by atoms with van der Waals surface area (Å²) in [6.45, 7) is 1.72. The maximum absolute atomic E-state index is 12.6. The van der Waals surface area contributed by atoms with E-state index >= 15 is 0 Å². The summed E-state index contributed by atoms with van der Waals surface area (Å²) >= 11 is 13.3. The maximum Gasteiger partial charge on any atom is 0.289 e. The first-order valence-corrected chi connectivity index (χ1v) is 8.80. The van der Waals surface area contributed by atoms with E-state index in [0.717, 1.165) is 4.90 Å². The fourth-order valence-corrected chi connectivity index (χ4v) is 3.39. The fourth-order valence-electron chi connectivity index (χ4n) is 2.21. The van der Waals surface area contributed by atoms with Gasteiger partial charge >= 0.3 is 0 Å². The molecule has 124 valence electrons. The molecule has 3 rings (SSSR count). The van der Waals surface area contributed by atoms with E-state index in [0.29, 0.717) is 26.3 Å². The van der Waals surface area contributed by atoms with Crippen LogP contribution in [0.1, 0.15) is 11.1 Å². The Balaban J connectivity index is 2.16. The predicted molar refractivity (Wildman–Crippen MR) is 99.9 cm³/mol. The molecule has 0 saturated carbocycles. The average Bonchev–Trinajstić information content (AvgIpc) is 2.59. The molecule has 1 heterocycles. The highest BCUT2D eigenvalue weighted by atomic mass is 35.5. The molecule has 1 aromatic heterocycles. The molecule has 0 aliphatic heterocycles. The molecule has 0 amide bonds. The van der Waals surface area contributed by atoms with E-state index in [-0.39, 0.29) is 5.56 Å². The van der Waals surface area contributed by atoms with Gasteiger partial charge in [0.05, 0.1) is 5.69 Å². The summed E-state index contributed by atoms with van der Waals surface area (Å²) in [6.07, 6.45) is 0. The van der Waals surface area contributed by atoms with Crippen molar-refractivity contribution in [1.29, 1.82) is 5.26 Å². The molecule has 2 aromatic carbocycles. The Morgan fingerprint density at radius 2 is 1.84 bits per heavy atom. The van der Waals surface area contributed by atoms with Gasteiger partial charge in [-0.05, 0) is 49.4 Å². The van der Waals surface area contributed by atoms with E-state index in [1.54, 1.807) is 43.3 Å². The highest BCUT2D eigenvalue weighted by Gasteiger charge is 2.16. The van der Waals surface area contributed by atoms with Crippen molar-refractivity contribution < 1.29 is 0 Å². The zero-order valence-corrected chi connectivity index (χ0v) is 15.4. The lowest BCUT2D eigenvalue weighted by molar-refractivity contribution is 0.739. The second-order valence-electron chi connectivity index (χ2n) is 5.17. The number of halogens is 2. The lowest BCUT2D eigenvalue weighted by Gasteiger charge is -2.11. The van der Waals surface area contributed by atoms with Crippen LogP contribution in [-0.2, 0) is 0 Å². The Morgan fingerprint density at radius 1 is 1.12 bits per heavy atom. The van der Waals surface area contributed by atoms with Crippen LogP contribution < -0.4 is 5.56 Å². The Bertz CT molecular complexity index is 1040. The highest BCUT2D eigenvalue weighted by molar-refractivity contribution is 7.99. The lowest BCUT2D eigenvalue weighted by Crippen LogP contribution is -2.25. The van der Waals surface area contributed by atoms with Crippen molar-refractivity contribution in [3.8, 4) is 11.8 Å². The summed E-state index contributed by atoms with van der Waals surface area (Å²) in [7, 11) is 0. The van der Waals surface area contributed by atoms with Crippen molar-refractivity contribution in [2.24, 2.45) is 0 Å². The smallest absolute Gasteiger partial charge is 0.266 e. The SMILES string of the molecule is Cc1c(Sc2ccc(Cl)cc2)nn(-c2cccc(Cl)c2)c(=O)c1C#N. The second kappa shape index (κ2) is 7.32. The van der Waals surface area contributed by atoms with Crippen molar-refractivity contribution in [1.82, 2.24) is 9.78 Å². The topological polar surface area (TPSA) is 58.7 Å². The first kappa shape index (κ1) is 17.6. The Hall–Kier alpha value is -2.26. The minimum atomic E-state index is -0.470. The van der Waals surface area contributed by atoms with Gasteiger partial charge in [-0.1, -0.05) is 41.0 Å². The number of nitrogens with zero attached hydrogens (tertiary/aromatic N) is 3. The Labute approximate surface area is 158 Å². The van der Waals surface area contributed by atoms with Gasteiger partial charge in [-0.3, -0.25) is 4.79 Å². The van der Waals surface area contributed by atoms with Gasteiger partial charge in [0.15, 0.2) is 0 Å². The molecule has 0 spiro atoms. The van der Waals surface area contributed by atoms with E-state index < -0.39 is 5.56 Å². The van der Waals surface area contributed by atoms with E-state index in [2.05, 4.69) is 5.10 Å². The number of rotatable bonds is 3. The van der Waals surface area contributed by atoms with Crippen molar-refractivity contribution in [3.63, 3.8) is 0 Å². The number of hydrogen-bond donors (Lipinski definition) is 0. The number of hydrogen-bond acceptors (Lipinski definition) is 4. The summed E-state index contributed by atoms with van der Waals surface area (Å²) in [4.78, 5) is 13.5. The zero-order valence-electron chi connectivity index (χ0n) is 13.0. The molecule has 0 radical (unpaired) electrons. The van der Waals surface area contributed by atoms with Crippen LogP contribution >= 0.6 is 35.0 Å². The van der Waals surface area contributed by atoms with Gasteiger partial charge in [0, 0.05) is 20.5 Å². The summed E-state index contributed by atoms with van der Waals surface area (Å²) in [5, 5.41) is 15.5. The van der Waals surface area contributed by atoms with E-state index in [1.807, 2.05) is 18.2 Å². The molecule has 25 heavy (non-hydrogen) atoms. The van der Waals surface area contributed by atoms with Crippen LogP contribution in [0, 0.1) is 18.3 Å². The van der Waals surface area contributed by atoms with Gasteiger partial charge in [-0.2, -0.15) is 15.0 Å². The molecule has 0 bridgehead atoms. The van der Waals surface area contributed by atoms with Crippen LogP contribution in [0.4, 0.5) is 0 Å². The molecule has 3 aromatic rings. The third-order valence-electron chi connectivity index (χ3n) is 3.49. The molecule has 0 aliphatic rings. The third-order valence-corrected chi connectivity index (χ3v) is 5.06. The zero-order chi connectivity index (χ0) is 18.0. The van der Waals surface area contributed by atoms with Gasteiger partial charge in [0.1, 0.15) is 16.7 Å². The lowest BCUT2D eigenvalue weighted by atomic mass is 10.2. The van der Waals surface area contributed by atoms with Crippen LogP contribution in [0.3, 0.4) is 0 Å². The largest absolute Gasteiger partial charge is 0.289 e. The minimum Gasteiger partial charge on any atom is -0.266 e. The Kier molecular flexibility index (Phi) is 5.14. The van der Waals surface area contributed by atoms with E-state index in [1.165, 1.54) is 16.4 Å². The number of aromatic nitrogens is 2. The van der Waals surface area contributed by atoms with Gasteiger partial charge in [-0.25, -0.2) is 0 Å². The molecule has 0 unspecified atom stereocenters.